The van der Waals surface area contributed by atoms with Gasteiger partial charge in [-0.3, -0.25) is 14.7 Å². The minimum atomic E-state index is -0.217. The van der Waals surface area contributed by atoms with Gasteiger partial charge in [0.05, 0.1) is 0 Å². The van der Waals surface area contributed by atoms with Gasteiger partial charge in [-0.25, -0.2) is 0 Å². The maximum Gasteiger partial charge on any atom is 0.251 e. The molecule has 32 heavy (non-hydrogen) atoms. The Morgan fingerprint density at radius 3 is 2.47 bits per heavy atom. The number of halogens is 1. The van der Waals surface area contributed by atoms with Crippen LogP contribution in [0.5, 0.6) is 0 Å². The highest BCUT2D eigenvalue weighted by Gasteiger charge is 2.31. The van der Waals surface area contributed by atoms with E-state index < -0.39 is 0 Å². The van der Waals surface area contributed by atoms with Crippen molar-refractivity contribution in [1.29, 1.82) is 0 Å². The molecule has 3 fully saturated rings. The standard InChI is InChI=1S/C24H37N5O2.HI/c1-25-24(28-15-13-27(14-16-28)23(30)22-11-7-17-31-22)26-18-21-10-5-6-12-29(21)19-20-8-3-2-4-9-20;/h2-4,8-9,21-22H,5-7,10-19H2,1H3,(H,25,26);1H. The molecule has 2 atom stereocenters. The lowest BCUT2D eigenvalue weighted by Crippen LogP contribution is -2.56. The summed E-state index contributed by atoms with van der Waals surface area (Å²) in [5.74, 6) is 1.12. The molecule has 0 saturated carbocycles. The van der Waals surface area contributed by atoms with E-state index in [9.17, 15) is 4.79 Å². The Bertz CT molecular complexity index is 733. The molecule has 0 bridgehead atoms. The molecule has 178 valence electrons. The predicted octanol–water partition coefficient (Wildman–Crippen LogP) is 2.56. The number of nitrogens with one attached hydrogen (secondary N) is 1. The van der Waals surface area contributed by atoms with Crippen molar-refractivity contribution < 1.29 is 9.53 Å². The number of carbonyl (C=O) groups excluding carboxylic acids is 1. The van der Waals surface area contributed by atoms with Crippen molar-refractivity contribution in [2.45, 2.75) is 50.8 Å². The number of guanidine groups is 1. The number of benzene rings is 1. The Morgan fingerprint density at radius 2 is 1.78 bits per heavy atom. The fourth-order valence-electron chi connectivity index (χ4n) is 4.97. The summed E-state index contributed by atoms with van der Waals surface area (Å²) >= 11 is 0. The molecule has 3 saturated heterocycles. The molecule has 8 heteroatoms. The number of amides is 1. The van der Waals surface area contributed by atoms with Crippen LogP contribution < -0.4 is 5.32 Å². The molecule has 1 amide bonds. The van der Waals surface area contributed by atoms with Crippen LogP contribution in [0.3, 0.4) is 0 Å². The molecule has 7 nitrogen and oxygen atoms in total. The third-order valence-corrected chi connectivity index (χ3v) is 6.78. The molecule has 0 aliphatic carbocycles. The van der Waals surface area contributed by atoms with Crippen LogP contribution in [-0.4, -0.2) is 91.6 Å². The molecule has 3 heterocycles. The Labute approximate surface area is 209 Å². The molecule has 1 N–H and O–H groups in total. The first-order valence-electron chi connectivity index (χ1n) is 11.9. The minimum Gasteiger partial charge on any atom is -0.368 e. The number of carbonyl (C=O) groups is 1. The summed E-state index contributed by atoms with van der Waals surface area (Å²) in [6.45, 7) is 6.91. The number of aliphatic imine (C=N–C) groups is 1. The third kappa shape index (κ3) is 6.57. The summed E-state index contributed by atoms with van der Waals surface area (Å²) in [7, 11) is 1.86. The molecule has 3 aliphatic rings. The van der Waals surface area contributed by atoms with Crippen LogP contribution in [-0.2, 0) is 16.1 Å². The lowest BCUT2D eigenvalue weighted by atomic mass is 10.0. The van der Waals surface area contributed by atoms with Gasteiger partial charge in [0.2, 0.25) is 0 Å². The molecule has 0 aromatic heterocycles. The quantitative estimate of drug-likeness (QED) is 0.344. The largest absolute Gasteiger partial charge is 0.368 e. The van der Waals surface area contributed by atoms with Gasteiger partial charge in [0.15, 0.2) is 5.96 Å². The fraction of sp³-hybridized carbons (Fsp3) is 0.667. The number of hydrogen-bond donors (Lipinski definition) is 1. The van der Waals surface area contributed by atoms with E-state index in [4.69, 9.17) is 4.74 Å². The SMILES string of the molecule is CN=C(NCC1CCCCN1Cc1ccccc1)N1CCN(C(=O)C2CCCO2)CC1.I. The van der Waals surface area contributed by atoms with Crippen molar-refractivity contribution in [3.63, 3.8) is 0 Å². The van der Waals surface area contributed by atoms with Gasteiger partial charge in [-0.05, 0) is 37.8 Å². The molecule has 4 rings (SSSR count). The van der Waals surface area contributed by atoms with E-state index in [2.05, 4.69) is 50.4 Å². The van der Waals surface area contributed by atoms with E-state index >= 15 is 0 Å². The maximum absolute atomic E-state index is 12.6. The van der Waals surface area contributed by atoms with Crippen molar-refractivity contribution in [1.82, 2.24) is 20.0 Å². The van der Waals surface area contributed by atoms with E-state index in [1.54, 1.807) is 0 Å². The maximum atomic E-state index is 12.6. The van der Waals surface area contributed by atoms with Crippen LogP contribution in [0.25, 0.3) is 0 Å². The van der Waals surface area contributed by atoms with Gasteiger partial charge in [-0.15, -0.1) is 24.0 Å². The van der Waals surface area contributed by atoms with E-state index in [1.165, 1.54) is 24.8 Å². The summed E-state index contributed by atoms with van der Waals surface area (Å²) in [4.78, 5) is 24.0. The molecule has 0 spiro atoms. The van der Waals surface area contributed by atoms with Gasteiger partial charge in [-0.2, -0.15) is 0 Å². The second-order valence-electron chi connectivity index (χ2n) is 8.85. The molecule has 3 aliphatic heterocycles. The average molecular weight is 556 g/mol. The van der Waals surface area contributed by atoms with E-state index in [0.717, 1.165) is 71.2 Å². The van der Waals surface area contributed by atoms with Crippen LogP contribution in [0.4, 0.5) is 0 Å². The smallest absolute Gasteiger partial charge is 0.251 e. The second-order valence-corrected chi connectivity index (χ2v) is 8.85. The highest BCUT2D eigenvalue weighted by molar-refractivity contribution is 14.0. The first kappa shape index (κ1) is 25.2. The van der Waals surface area contributed by atoms with Gasteiger partial charge >= 0.3 is 0 Å². The van der Waals surface area contributed by atoms with Crippen molar-refractivity contribution in [2.24, 2.45) is 4.99 Å². The summed E-state index contributed by atoms with van der Waals surface area (Å²) in [5, 5.41) is 3.63. The lowest BCUT2D eigenvalue weighted by molar-refractivity contribution is -0.142. The van der Waals surface area contributed by atoms with Crippen LogP contribution in [0.15, 0.2) is 35.3 Å². The van der Waals surface area contributed by atoms with Crippen LogP contribution in [0.2, 0.25) is 0 Å². The zero-order chi connectivity index (χ0) is 21.5. The highest BCUT2D eigenvalue weighted by atomic mass is 127. The number of piperazine rings is 1. The van der Waals surface area contributed by atoms with E-state index in [1.807, 2.05) is 11.9 Å². The highest BCUT2D eigenvalue weighted by Crippen LogP contribution is 2.20. The number of nitrogens with zero attached hydrogens (tertiary/aromatic N) is 4. The average Bonchev–Trinajstić information content (AvgIpc) is 3.36. The number of ether oxygens (including phenoxy) is 1. The summed E-state index contributed by atoms with van der Waals surface area (Å²) in [6.07, 6.45) is 5.43. The Kier molecular flexibility index (Phi) is 10.1. The third-order valence-electron chi connectivity index (χ3n) is 6.78. The molecule has 0 radical (unpaired) electrons. The Morgan fingerprint density at radius 1 is 1.03 bits per heavy atom. The summed E-state index contributed by atoms with van der Waals surface area (Å²) in [5.41, 5.74) is 1.38. The minimum absolute atomic E-state index is 0. The number of piperidine rings is 1. The molecular formula is C24H38IN5O2. The Balaban J connectivity index is 0.00000289. The van der Waals surface area contributed by atoms with E-state index in [0.29, 0.717) is 6.04 Å². The van der Waals surface area contributed by atoms with Crippen LogP contribution in [0, 0.1) is 0 Å². The molecule has 1 aromatic rings. The predicted molar refractivity (Wildman–Crippen MR) is 138 cm³/mol. The van der Waals surface area contributed by atoms with Crippen molar-refractivity contribution >= 4 is 35.8 Å². The molecular weight excluding hydrogens is 517 g/mol. The van der Waals surface area contributed by atoms with Gasteiger partial charge in [0.1, 0.15) is 6.10 Å². The first-order valence-corrected chi connectivity index (χ1v) is 11.9. The zero-order valence-electron chi connectivity index (χ0n) is 19.2. The Hall–Kier alpha value is -1.39. The zero-order valence-corrected chi connectivity index (χ0v) is 21.6. The van der Waals surface area contributed by atoms with Crippen LogP contribution in [0.1, 0.15) is 37.7 Å². The first-order chi connectivity index (χ1) is 15.2. The van der Waals surface area contributed by atoms with E-state index in [-0.39, 0.29) is 36.0 Å². The molecule has 1 aromatic carbocycles. The van der Waals surface area contributed by atoms with Gasteiger partial charge in [-0.1, -0.05) is 36.8 Å². The fourth-order valence-corrected chi connectivity index (χ4v) is 4.97. The topological polar surface area (TPSA) is 60.4 Å². The number of rotatable bonds is 5. The second kappa shape index (κ2) is 12.7. The lowest BCUT2D eigenvalue weighted by Gasteiger charge is -2.39. The number of hydrogen-bond acceptors (Lipinski definition) is 4. The van der Waals surface area contributed by atoms with Gasteiger partial charge in [0, 0.05) is 59.0 Å². The summed E-state index contributed by atoms with van der Waals surface area (Å²) < 4.78 is 5.58. The summed E-state index contributed by atoms with van der Waals surface area (Å²) in [6, 6.07) is 11.3. The number of likely N-dealkylation sites (tertiary alicyclic amines) is 1. The van der Waals surface area contributed by atoms with Crippen molar-refractivity contribution in [3.05, 3.63) is 35.9 Å². The molecule has 2 unspecified atom stereocenters. The normalized spacial score (nSPS) is 24.8. The van der Waals surface area contributed by atoms with Crippen molar-refractivity contribution in [2.75, 3.05) is 52.9 Å². The van der Waals surface area contributed by atoms with Gasteiger partial charge < -0.3 is 19.9 Å². The van der Waals surface area contributed by atoms with Crippen LogP contribution >= 0.6 is 24.0 Å². The monoisotopic (exact) mass is 555 g/mol. The van der Waals surface area contributed by atoms with Gasteiger partial charge in [0.25, 0.3) is 5.91 Å². The van der Waals surface area contributed by atoms with Crippen molar-refractivity contribution in [3.8, 4) is 0 Å².